The lowest BCUT2D eigenvalue weighted by Crippen LogP contribution is -2.17. The molecule has 0 aliphatic rings. The monoisotopic (exact) mass is 264 g/mol. The number of anilines is 2. The average Bonchev–Trinajstić information content (AvgIpc) is 2.88. The summed E-state index contributed by atoms with van der Waals surface area (Å²) in [5, 5.41) is 11.1. The lowest BCUT2D eigenvalue weighted by Gasteiger charge is -2.14. The maximum Gasteiger partial charge on any atom is 0.322 e. The quantitative estimate of drug-likeness (QED) is 0.899. The zero-order valence-electron chi connectivity index (χ0n) is 11.2. The van der Waals surface area contributed by atoms with Crippen LogP contribution in [0.25, 0.3) is 0 Å². The molecule has 2 aromatic rings. The van der Waals surface area contributed by atoms with E-state index in [2.05, 4.69) is 15.5 Å². The van der Waals surface area contributed by atoms with Gasteiger partial charge in [0.15, 0.2) is 0 Å². The number of aromatic nitrogens is 2. The first-order valence-corrected chi connectivity index (χ1v) is 6.18. The van der Waals surface area contributed by atoms with Gasteiger partial charge in [0.05, 0.1) is 6.04 Å². The van der Waals surface area contributed by atoms with E-state index in [0.717, 1.165) is 6.54 Å². The standard InChI is InChI=1S/C13H17FN4O/c1-4-15-9(2)12-16-17-13(19-12)18(3)11-7-5-6-10(14)8-11/h5-9,15H,4H2,1-3H3. The van der Waals surface area contributed by atoms with Gasteiger partial charge in [-0.25, -0.2) is 4.39 Å². The van der Waals surface area contributed by atoms with Gasteiger partial charge in [-0.05, 0) is 31.7 Å². The number of nitrogens with one attached hydrogen (secondary N) is 1. The molecule has 1 heterocycles. The highest BCUT2D eigenvalue weighted by atomic mass is 19.1. The van der Waals surface area contributed by atoms with Crippen molar-refractivity contribution in [2.24, 2.45) is 0 Å². The van der Waals surface area contributed by atoms with Crippen LogP contribution >= 0.6 is 0 Å². The van der Waals surface area contributed by atoms with Gasteiger partial charge < -0.3 is 9.73 Å². The molecule has 1 aromatic heterocycles. The SMILES string of the molecule is CCNC(C)c1nnc(N(C)c2cccc(F)c2)o1. The largest absolute Gasteiger partial charge is 0.406 e. The topological polar surface area (TPSA) is 54.2 Å². The van der Waals surface area contributed by atoms with Crippen molar-refractivity contribution in [3.05, 3.63) is 36.0 Å². The Labute approximate surface area is 111 Å². The van der Waals surface area contributed by atoms with Crippen molar-refractivity contribution in [2.75, 3.05) is 18.5 Å². The third kappa shape index (κ3) is 3.08. The summed E-state index contributed by atoms with van der Waals surface area (Å²) >= 11 is 0. The van der Waals surface area contributed by atoms with Gasteiger partial charge in [-0.2, -0.15) is 0 Å². The third-order valence-electron chi connectivity index (χ3n) is 2.79. The normalized spacial score (nSPS) is 12.4. The Bertz CT molecular complexity index is 543. The summed E-state index contributed by atoms with van der Waals surface area (Å²) in [7, 11) is 1.75. The minimum absolute atomic E-state index is 0.00726. The van der Waals surface area contributed by atoms with Crippen molar-refractivity contribution < 1.29 is 8.81 Å². The van der Waals surface area contributed by atoms with Crippen molar-refractivity contribution >= 4 is 11.7 Å². The van der Waals surface area contributed by atoms with E-state index in [1.165, 1.54) is 12.1 Å². The predicted molar refractivity (Wildman–Crippen MR) is 70.9 cm³/mol. The lowest BCUT2D eigenvalue weighted by molar-refractivity contribution is 0.425. The molecule has 19 heavy (non-hydrogen) atoms. The molecule has 2 rings (SSSR count). The van der Waals surface area contributed by atoms with E-state index in [1.54, 1.807) is 24.1 Å². The Morgan fingerprint density at radius 2 is 2.21 bits per heavy atom. The van der Waals surface area contributed by atoms with Crippen LogP contribution < -0.4 is 10.2 Å². The van der Waals surface area contributed by atoms with Gasteiger partial charge >= 0.3 is 6.01 Å². The van der Waals surface area contributed by atoms with Crippen molar-refractivity contribution in [2.45, 2.75) is 19.9 Å². The van der Waals surface area contributed by atoms with Crippen LogP contribution in [-0.4, -0.2) is 23.8 Å². The molecule has 1 unspecified atom stereocenters. The molecule has 0 spiro atoms. The summed E-state index contributed by atoms with van der Waals surface area (Å²) in [6.07, 6.45) is 0. The number of hydrogen-bond donors (Lipinski definition) is 1. The molecule has 1 atom stereocenters. The van der Waals surface area contributed by atoms with E-state index < -0.39 is 0 Å². The first-order valence-electron chi connectivity index (χ1n) is 6.18. The van der Waals surface area contributed by atoms with E-state index in [1.807, 2.05) is 13.8 Å². The maximum atomic E-state index is 13.2. The Hall–Kier alpha value is -1.95. The lowest BCUT2D eigenvalue weighted by atomic mass is 10.3. The van der Waals surface area contributed by atoms with Gasteiger partial charge in [-0.1, -0.05) is 18.1 Å². The molecule has 0 saturated carbocycles. The van der Waals surface area contributed by atoms with Crippen LogP contribution in [0.15, 0.2) is 28.7 Å². The highest BCUT2D eigenvalue weighted by Gasteiger charge is 2.16. The van der Waals surface area contributed by atoms with Gasteiger partial charge in [0, 0.05) is 12.7 Å². The van der Waals surface area contributed by atoms with Gasteiger partial charge in [-0.3, -0.25) is 4.90 Å². The van der Waals surface area contributed by atoms with Crippen molar-refractivity contribution in [1.82, 2.24) is 15.5 Å². The zero-order chi connectivity index (χ0) is 13.8. The predicted octanol–water partition coefficient (Wildman–Crippen LogP) is 2.65. The summed E-state index contributed by atoms with van der Waals surface area (Å²) in [6, 6.07) is 6.56. The van der Waals surface area contributed by atoms with E-state index in [0.29, 0.717) is 17.6 Å². The summed E-state index contributed by atoms with van der Waals surface area (Å²) in [6.45, 7) is 4.77. The highest BCUT2D eigenvalue weighted by molar-refractivity contribution is 5.54. The molecule has 102 valence electrons. The molecule has 1 N–H and O–H groups in total. The Morgan fingerprint density at radius 1 is 1.42 bits per heavy atom. The van der Waals surface area contributed by atoms with Crippen LogP contribution in [-0.2, 0) is 0 Å². The Balaban J connectivity index is 2.18. The maximum absolute atomic E-state index is 13.2. The third-order valence-corrected chi connectivity index (χ3v) is 2.79. The van der Waals surface area contributed by atoms with Crippen LogP contribution in [0.4, 0.5) is 16.1 Å². The van der Waals surface area contributed by atoms with Crippen LogP contribution in [0.3, 0.4) is 0 Å². The van der Waals surface area contributed by atoms with Crippen LogP contribution in [0, 0.1) is 5.82 Å². The van der Waals surface area contributed by atoms with E-state index in [4.69, 9.17) is 4.42 Å². The molecule has 0 radical (unpaired) electrons. The average molecular weight is 264 g/mol. The fraction of sp³-hybridized carbons (Fsp3) is 0.385. The summed E-state index contributed by atoms with van der Waals surface area (Å²) in [5.41, 5.74) is 0.659. The smallest absolute Gasteiger partial charge is 0.322 e. The van der Waals surface area contributed by atoms with Gasteiger partial charge in [0.1, 0.15) is 5.82 Å². The molecule has 0 aliphatic heterocycles. The van der Waals surface area contributed by atoms with E-state index in [-0.39, 0.29) is 11.9 Å². The van der Waals surface area contributed by atoms with Crippen molar-refractivity contribution in [3.63, 3.8) is 0 Å². The van der Waals surface area contributed by atoms with Crippen molar-refractivity contribution in [1.29, 1.82) is 0 Å². The fourth-order valence-electron chi connectivity index (χ4n) is 1.73. The molecular formula is C13H17FN4O. The molecule has 0 fully saturated rings. The second-order valence-electron chi connectivity index (χ2n) is 4.24. The van der Waals surface area contributed by atoms with E-state index >= 15 is 0 Å². The van der Waals surface area contributed by atoms with Gasteiger partial charge in [0.25, 0.3) is 0 Å². The molecule has 1 aromatic carbocycles. The minimum Gasteiger partial charge on any atom is -0.406 e. The first-order chi connectivity index (χ1) is 9.11. The first kappa shape index (κ1) is 13.5. The fourth-order valence-corrected chi connectivity index (χ4v) is 1.73. The number of hydrogen-bond acceptors (Lipinski definition) is 5. The second-order valence-corrected chi connectivity index (χ2v) is 4.24. The van der Waals surface area contributed by atoms with Crippen LogP contribution in [0.2, 0.25) is 0 Å². The summed E-state index contributed by atoms with van der Waals surface area (Å²) in [4.78, 5) is 1.65. The Kier molecular flexibility index (Phi) is 4.11. The highest BCUT2D eigenvalue weighted by Crippen LogP contribution is 2.24. The number of benzene rings is 1. The molecule has 0 bridgehead atoms. The molecular weight excluding hydrogens is 247 g/mol. The number of halogens is 1. The minimum atomic E-state index is -0.301. The van der Waals surface area contributed by atoms with Crippen LogP contribution in [0.1, 0.15) is 25.8 Å². The van der Waals surface area contributed by atoms with Crippen LogP contribution in [0.5, 0.6) is 0 Å². The Morgan fingerprint density at radius 3 is 2.89 bits per heavy atom. The van der Waals surface area contributed by atoms with Gasteiger partial charge in [0.2, 0.25) is 5.89 Å². The molecule has 6 heteroatoms. The summed E-state index contributed by atoms with van der Waals surface area (Å²) in [5.74, 6) is 0.213. The van der Waals surface area contributed by atoms with Crippen molar-refractivity contribution in [3.8, 4) is 0 Å². The zero-order valence-corrected chi connectivity index (χ0v) is 11.2. The summed E-state index contributed by atoms with van der Waals surface area (Å²) < 4.78 is 18.7. The number of nitrogens with zero attached hydrogens (tertiary/aromatic N) is 3. The number of rotatable bonds is 5. The second kappa shape index (κ2) is 5.79. The molecule has 5 nitrogen and oxygen atoms in total. The van der Waals surface area contributed by atoms with E-state index in [9.17, 15) is 4.39 Å². The molecule has 0 amide bonds. The molecule has 0 saturated heterocycles. The molecule has 0 aliphatic carbocycles. The van der Waals surface area contributed by atoms with Gasteiger partial charge in [-0.15, -0.1) is 5.10 Å².